The van der Waals surface area contributed by atoms with Gasteiger partial charge in [0, 0.05) is 37.7 Å². The lowest BCUT2D eigenvalue weighted by atomic mass is 10.1. The smallest absolute Gasteiger partial charge is 0.315 e. The molecule has 2 aliphatic rings. The molecule has 7 heteroatoms. The molecule has 1 aromatic carbocycles. The fraction of sp³-hybridized carbons (Fsp3) is 0.588. The molecular weight excluding hydrogens is 316 g/mol. The number of amides is 2. The molecular formula is C17H23F2N3O2. The monoisotopic (exact) mass is 339 g/mol. The SMILES string of the molecule is O=C(NCC1CCCC1O)NC1CCN(c2ccc(F)cc2F)C1. The fourth-order valence-electron chi connectivity index (χ4n) is 3.55. The van der Waals surface area contributed by atoms with Gasteiger partial charge in [0.1, 0.15) is 11.6 Å². The molecule has 1 aliphatic carbocycles. The van der Waals surface area contributed by atoms with Gasteiger partial charge in [0.2, 0.25) is 0 Å². The molecule has 24 heavy (non-hydrogen) atoms. The zero-order chi connectivity index (χ0) is 17.1. The number of carbonyl (C=O) groups excluding carboxylic acids is 1. The first-order valence-corrected chi connectivity index (χ1v) is 8.45. The molecule has 0 bridgehead atoms. The van der Waals surface area contributed by atoms with Gasteiger partial charge in [0.15, 0.2) is 0 Å². The summed E-state index contributed by atoms with van der Waals surface area (Å²) < 4.78 is 26.8. The summed E-state index contributed by atoms with van der Waals surface area (Å²) in [5, 5.41) is 15.4. The fourth-order valence-corrected chi connectivity index (χ4v) is 3.55. The number of aliphatic hydroxyl groups is 1. The largest absolute Gasteiger partial charge is 0.393 e. The van der Waals surface area contributed by atoms with E-state index in [-0.39, 0.29) is 24.1 Å². The summed E-state index contributed by atoms with van der Waals surface area (Å²) in [7, 11) is 0. The van der Waals surface area contributed by atoms with Crippen molar-refractivity contribution in [1.29, 1.82) is 0 Å². The first kappa shape index (κ1) is 17.0. The van der Waals surface area contributed by atoms with Crippen LogP contribution in [0.2, 0.25) is 0 Å². The van der Waals surface area contributed by atoms with E-state index in [0.29, 0.717) is 31.7 Å². The van der Waals surface area contributed by atoms with Crippen LogP contribution >= 0.6 is 0 Å². The topological polar surface area (TPSA) is 64.6 Å². The van der Waals surface area contributed by atoms with Crippen LogP contribution in [0.3, 0.4) is 0 Å². The molecule has 2 amide bonds. The van der Waals surface area contributed by atoms with Crippen LogP contribution in [0.5, 0.6) is 0 Å². The van der Waals surface area contributed by atoms with Crippen LogP contribution in [0.4, 0.5) is 19.3 Å². The second-order valence-corrected chi connectivity index (χ2v) is 6.64. The predicted octanol–water partition coefficient (Wildman–Crippen LogP) is 2.00. The lowest BCUT2D eigenvalue weighted by Crippen LogP contribution is -2.45. The van der Waals surface area contributed by atoms with Gasteiger partial charge in [-0.2, -0.15) is 0 Å². The number of aliphatic hydroxyl groups excluding tert-OH is 1. The molecule has 3 unspecified atom stereocenters. The van der Waals surface area contributed by atoms with Crippen LogP contribution in [0.1, 0.15) is 25.7 Å². The molecule has 0 aromatic heterocycles. The zero-order valence-corrected chi connectivity index (χ0v) is 13.5. The van der Waals surface area contributed by atoms with E-state index in [0.717, 1.165) is 25.3 Å². The Kier molecular flexibility index (Phi) is 5.18. The molecule has 1 saturated carbocycles. The minimum atomic E-state index is -0.599. The van der Waals surface area contributed by atoms with Crippen LogP contribution in [-0.4, -0.2) is 42.9 Å². The summed E-state index contributed by atoms with van der Waals surface area (Å²) in [6.07, 6.45) is 3.11. The Morgan fingerprint density at radius 1 is 1.29 bits per heavy atom. The molecule has 1 aliphatic heterocycles. The highest BCUT2D eigenvalue weighted by Crippen LogP contribution is 2.25. The van der Waals surface area contributed by atoms with E-state index in [1.54, 1.807) is 4.90 Å². The maximum absolute atomic E-state index is 13.8. The maximum Gasteiger partial charge on any atom is 0.315 e. The minimum absolute atomic E-state index is 0.0806. The Hall–Kier alpha value is -1.89. The maximum atomic E-state index is 13.8. The number of nitrogens with one attached hydrogen (secondary N) is 2. The van der Waals surface area contributed by atoms with Crippen molar-refractivity contribution >= 4 is 11.7 Å². The number of carbonyl (C=O) groups is 1. The third-order valence-electron chi connectivity index (χ3n) is 4.92. The van der Waals surface area contributed by atoms with E-state index < -0.39 is 11.6 Å². The summed E-state index contributed by atoms with van der Waals surface area (Å²) in [6.45, 7) is 1.56. The number of rotatable bonds is 4. The van der Waals surface area contributed by atoms with Crippen molar-refractivity contribution in [3.8, 4) is 0 Å². The molecule has 1 saturated heterocycles. The van der Waals surface area contributed by atoms with Crippen LogP contribution in [0.25, 0.3) is 0 Å². The second kappa shape index (κ2) is 7.34. The number of nitrogens with zero attached hydrogens (tertiary/aromatic N) is 1. The lowest BCUT2D eigenvalue weighted by Gasteiger charge is -2.20. The molecule has 1 heterocycles. The van der Waals surface area contributed by atoms with E-state index in [2.05, 4.69) is 10.6 Å². The predicted molar refractivity (Wildman–Crippen MR) is 86.9 cm³/mol. The third-order valence-corrected chi connectivity index (χ3v) is 4.92. The van der Waals surface area contributed by atoms with Gasteiger partial charge in [0.25, 0.3) is 0 Å². The second-order valence-electron chi connectivity index (χ2n) is 6.64. The molecule has 5 nitrogen and oxygen atoms in total. The van der Waals surface area contributed by atoms with Gasteiger partial charge in [-0.3, -0.25) is 0 Å². The third kappa shape index (κ3) is 3.95. The van der Waals surface area contributed by atoms with Gasteiger partial charge in [-0.25, -0.2) is 13.6 Å². The molecule has 2 fully saturated rings. The molecule has 0 radical (unpaired) electrons. The summed E-state index contributed by atoms with van der Waals surface area (Å²) in [4.78, 5) is 13.8. The van der Waals surface area contributed by atoms with Crippen molar-refractivity contribution in [3.05, 3.63) is 29.8 Å². The van der Waals surface area contributed by atoms with E-state index in [4.69, 9.17) is 0 Å². The van der Waals surface area contributed by atoms with Gasteiger partial charge in [0.05, 0.1) is 11.8 Å². The summed E-state index contributed by atoms with van der Waals surface area (Å²) in [5.41, 5.74) is 0.357. The number of urea groups is 1. The van der Waals surface area contributed by atoms with Gasteiger partial charge in [-0.15, -0.1) is 0 Å². The van der Waals surface area contributed by atoms with Gasteiger partial charge >= 0.3 is 6.03 Å². The summed E-state index contributed by atoms with van der Waals surface area (Å²) >= 11 is 0. The number of halogens is 2. The van der Waals surface area contributed by atoms with Crippen molar-refractivity contribution in [3.63, 3.8) is 0 Å². The lowest BCUT2D eigenvalue weighted by molar-refractivity contribution is 0.132. The van der Waals surface area contributed by atoms with Crippen LogP contribution < -0.4 is 15.5 Å². The van der Waals surface area contributed by atoms with Crippen LogP contribution in [-0.2, 0) is 0 Å². The number of hydrogen-bond donors (Lipinski definition) is 3. The Balaban J connectivity index is 1.46. The average Bonchev–Trinajstić information content (AvgIpc) is 3.14. The molecule has 1 aromatic rings. The van der Waals surface area contributed by atoms with Gasteiger partial charge in [-0.05, 0) is 31.4 Å². The summed E-state index contributed by atoms with van der Waals surface area (Å²) in [6, 6.07) is 3.19. The average molecular weight is 339 g/mol. The van der Waals surface area contributed by atoms with Crippen molar-refractivity contribution in [2.75, 3.05) is 24.5 Å². The Morgan fingerprint density at radius 3 is 2.83 bits per heavy atom. The minimum Gasteiger partial charge on any atom is -0.393 e. The standard InChI is InChI=1S/C17H23F2N3O2/c18-12-4-5-15(14(19)8-12)22-7-6-13(10-22)21-17(24)20-9-11-2-1-3-16(11)23/h4-5,8,11,13,16,23H,1-3,6-7,9-10H2,(H2,20,21,24). The van der Waals surface area contributed by atoms with Crippen molar-refractivity contribution in [2.24, 2.45) is 5.92 Å². The molecule has 3 atom stereocenters. The first-order chi connectivity index (χ1) is 11.5. The molecule has 3 rings (SSSR count). The highest BCUT2D eigenvalue weighted by molar-refractivity contribution is 5.74. The number of benzene rings is 1. The Morgan fingerprint density at radius 2 is 2.12 bits per heavy atom. The zero-order valence-electron chi connectivity index (χ0n) is 13.5. The van der Waals surface area contributed by atoms with E-state index >= 15 is 0 Å². The summed E-state index contributed by atoms with van der Waals surface area (Å²) in [5.74, 6) is -1.06. The van der Waals surface area contributed by atoms with Crippen molar-refractivity contribution < 1.29 is 18.7 Å². The van der Waals surface area contributed by atoms with Crippen molar-refractivity contribution in [1.82, 2.24) is 10.6 Å². The highest BCUT2D eigenvalue weighted by atomic mass is 19.1. The Bertz CT molecular complexity index is 599. The molecule has 132 valence electrons. The van der Waals surface area contributed by atoms with Gasteiger partial charge in [-0.1, -0.05) is 6.42 Å². The molecule has 0 spiro atoms. The highest BCUT2D eigenvalue weighted by Gasteiger charge is 2.28. The van der Waals surface area contributed by atoms with Crippen LogP contribution in [0, 0.1) is 17.6 Å². The van der Waals surface area contributed by atoms with E-state index in [1.165, 1.54) is 12.1 Å². The quantitative estimate of drug-likeness (QED) is 0.786. The number of anilines is 1. The van der Waals surface area contributed by atoms with E-state index in [9.17, 15) is 18.7 Å². The normalized spacial score (nSPS) is 26.6. The molecule has 3 N–H and O–H groups in total. The first-order valence-electron chi connectivity index (χ1n) is 8.45. The van der Waals surface area contributed by atoms with Gasteiger partial charge < -0.3 is 20.6 Å². The van der Waals surface area contributed by atoms with Crippen molar-refractivity contribution in [2.45, 2.75) is 37.8 Å². The Labute approximate surface area is 140 Å². The number of hydrogen-bond acceptors (Lipinski definition) is 3. The van der Waals surface area contributed by atoms with E-state index in [1.807, 2.05) is 0 Å². The van der Waals surface area contributed by atoms with Crippen LogP contribution in [0.15, 0.2) is 18.2 Å².